The summed E-state index contributed by atoms with van der Waals surface area (Å²) in [5.41, 5.74) is 5.21. The van der Waals surface area contributed by atoms with Gasteiger partial charge >= 0.3 is 6.01 Å². The Kier molecular flexibility index (Phi) is 4.38. The third-order valence-electron chi connectivity index (χ3n) is 4.21. The number of aliphatic hydroxyl groups excluding tert-OH is 4. The number of hydrogen-bond donors (Lipinski definition) is 5. The molecule has 0 saturated carbocycles. The van der Waals surface area contributed by atoms with E-state index in [4.69, 9.17) is 15.2 Å². The molecule has 0 radical (unpaired) electrons. The third kappa shape index (κ3) is 2.54. The van der Waals surface area contributed by atoms with Crippen LogP contribution in [0.15, 0.2) is 4.79 Å². The van der Waals surface area contributed by atoms with Gasteiger partial charge in [0.1, 0.15) is 24.4 Å². The summed E-state index contributed by atoms with van der Waals surface area (Å²) < 4.78 is 12.7. The highest BCUT2D eigenvalue weighted by Gasteiger charge is 2.45. The summed E-state index contributed by atoms with van der Waals surface area (Å²) in [7, 11) is 2.77. The Balaban J connectivity index is 2.19. The molecule has 2 aromatic heterocycles. The van der Waals surface area contributed by atoms with Crippen LogP contribution in [0.3, 0.4) is 0 Å². The van der Waals surface area contributed by atoms with E-state index < -0.39 is 42.8 Å². The predicted octanol–water partition coefficient (Wildman–Crippen LogP) is -3.31. The van der Waals surface area contributed by atoms with Crippen LogP contribution in [0.2, 0.25) is 0 Å². The van der Waals surface area contributed by atoms with Crippen LogP contribution in [0.25, 0.3) is 11.2 Å². The van der Waals surface area contributed by atoms with Crippen molar-refractivity contribution in [3.63, 3.8) is 0 Å². The zero-order valence-electron chi connectivity index (χ0n) is 13.5. The van der Waals surface area contributed by atoms with Crippen molar-refractivity contribution in [2.45, 2.75) is 30.6 Å². The van der Waals surface area contributed by atoms with Crippen molar-refractivity contribution in [1.29, 1.82) is 0 Å². The molecule has 0 aromatic carbocycles. The Labute approximate surface area is 140 Å². The predicted molar refractivity (Wildman–Crippen MR) is 82.7 cm³/mol. The number of hydrogen-bond acceptors (Lipinski definition) is 10. The summed E-state index contributed by atoms with van der Waals surface area (Å²) in [6.07, 6.45) is -7.21. The minimum Gasteiger partial charge on any atom is -0.468 e. The minimum absolute atomic E-state index is 0.0248. The molecule has 6 N–H and O–H groups in total. The van der Waals surface area contributed by atoms with Crippen LogP contribution in [0.5, 0.6) is 6.01 Å². The lowest BCUT2D eigenvalue weighted by Gasteiger charge is -2.40. The molecule has 12 heteroatoms. The summed E-state index contributed by atoms with van der Waals surface area (Å²) in [4.78, 5) is 20.4. The van der Waals surface area contributed by atoms with Gasteiger partial charge in [-0.1, -0.05) is 0 Å². The summed E-state index contributed by atoms with van der Waals surface area (Å²) in [6.45, 7) is -0.605. The number of imidazole rings is 1. The SMILES string of the molecule is COc1nc2c(nc(N)n2[C@H]2O[C@@H](CO)[C@@H](O)[C@@H](O)[C@H]2O)c(=O)n1C. The molecular formula is C13H19N5O7. The van der Waals surface area contributed by atoms with Gasteiger partial charge in [0, 0.05) is 7.05 Å². The van der Waals surface area contributed by atoms with Gasteiger partial charge in [-0.05, 0) is 0 Å². The molecule has 2 aromatic rings. The van der Waals surface area contributed by atoms with E-state index >= 15 is 0 Å². The Morgan fingerprint density at radius 2 is 1.92 bits per heavy atom. The zero-order chi connectivity index (χ0) is 18.5. The second-order valence-electron chi connectivity index (χ2n) is 5.69. The summed E-state index contributed by atoms with van der Waals surface area (Å²) in [6, 6.07) is -0.0248. The third-order valence-corrected chi connectivity index (χ3v) is 4.21. The normalized spacial score (nSPS) is 29.9. The van der Waals surface area contributed by atoms with Gasteiger partial charge in [-0.15, -0.1) is 0 Å². The van der Waals surface area contributed by atoms with Gasteiger partial charge in [0.05, 0.1) is 13.7 Å². The maximum atomic E-state index is 12.4. The molecule has 0 bridgehead atoms. The van der Waals surface area contributed by atoms with Gasteiger partial charge < -0.3 is 35.6 Å². The molecule has 25 heavy (non-hydrogen) atoms. The molecule has 0 amide bonds. The first-order chi connectivity index (χ1) is 11.8. The van der Waals surface area contributed by atoms with Crippen LogP contribution in [0.1, 0.15) is 6.23 Å². The first-order valence-electron chi connectivity index (χ1n) is 7.40. The first-order valence-corrected chi connectivity index (χ1v) is 7.40. The van der Waals surface area contributed by atoms with E-state index in [-0.39, 0.29) is 23.1 Å². The van der Waals surface area contributed by atoms with Gasteiger partial charge in [0.25, 0.3) is 5.56 Å². The Bertz CT molecular complexity index is 847. The number of rotatable bonds is 3. The molecule has 138 valence electrons. The number of nitrogen functional groups attached to an aromatic ring is 1. The summed E-state index contributed by atoms with van der Waals surface area (Å²) in [5, 5.41) is 39.4. The van der Waals surface area contributed by atoms with E-state index in [9.17, 15) is 25.2 Å². The number of anilines is 1. The first kappa shape index (κ1) is 17.6. The molecule has 1 saturated heterocycles. The number of nitrogens with two attached hydrogens (primary N) is 1. The topological polar surface area (TPSA) is 178 Å². The Morgan fingerprint density at radius 3 is 2.52 bits per heavy atom. The van der Waals surface area contributed by atoms with Crippen LogP contribution in [0.4, 0.5) is 5.95 Å². The largest absolute Gasteiger partial charge is 0.468 e. The second kappa shape index (κ2) is 6.24. The van der Waals surface area contributed by atoms with Gasteiger partial charge in [0.15, 0.2) is 17.4 Å². The standard InChI is InChI=1S/C13H19N5O7/c1-17-10(23)5-9(16-13(17)24-2)18(12(14)15-5)11-8(22)7(21)6(20)4(3-19)25-11/h4,6-8,11,19-22H,3H2,1-2H3,(H2,14,15)/t4-,6+,7+,8+,11-/m0/s1. The van der Waals surface area contributed by atoms with E-state index in [0.717, 1.165) is 9.13 Å². The molecule has 3 rings (SSSR count). The number of nitrogens with zero attached hydrogens (tertiary/aromatic N) is 4. The van der Waals surface area contributed by atoms with E-state index in [1.165, 1.54) is 14.2 Å². The molecule has 3 heterocycles. The van der Waals surface area contributed by atoms with Gasteiger partial charge in [-0.3, -0.25) is 13.9 Å². The lowest BCUT2D eigenvalue weighted by atomic mass is 9.98. The fraction of sp³-hybridized carbons (Fsp3) is 0.615. The molecule has 12 nitrogen and oxygen atoms in total. The van der Waals surface area contributed by atoms with Gasteiger partial charge in [0.2, 0.25) is 5.95 Å². The van der Waals surface area contributed by atoms with E-state index in [1.54, 1.807) is 0 Å². The van der Waals surface area contributed by atoms with Crippen LogP contribution in [-0.4, -0.2) is 77.7 Å². The highest BCUT2D eigenvalue weighted by atomic mass is 16.6. The molecule has 0 aliphatic carbocycles. The van der Waals surface area contributed by atoms with Gasteiger partial charge in [-0.25, -0.2) is 4.98 Å². The van der Waals surface area contributed by atoms with Crippen LogP contribution in [0, 0.1) is 0 Å². The van der Waals surface area contributed by atoms with Crippen molar-refractivity contribution in [3.05, 3.63) is 10.4 Å². The second-order valence-corrected chi connectivity index (χ2v) is 5.69. The molecule has 1 aliphatic heterocycles. The lowest BCUT2D eigenvalue weighted by Crippen LogP contribution is -2.56. The minimum atomic E-state index is -1.61. The summed E-state index contributed by atoms with van der Waals surface area (Å²) in [5.74, 6) is -0.197. The quantitative estimate of drug-likeness (QED) is 0.373. The van der Waals surface area contributed by atoms with Crippen LogP contribution in [-0.2, 0) is 11.8 Å². The summed E-state index contributed by atoms with van der Waals surface area (Å²) >= 11 is 0. The smallest absolute Gasteiger partial charge is 0.300 e. The Morgan fingerprint density at radius 1 is 1.24 bits per heavy atom. The number of fused-ring (bicyclic) bond motifs is 1. The highest BCUT2D eigenvalue weighted by Crippen LogP contribution is 2.32. The molecule has 0 spiro atoms. The van der Waals surface area contributed by atoms with Crippen molar-refractivity contribution >= 4 is 17.1 Å². The highest BCUT2D eigenvalue weighted by molar-refractivity contribution is 5.73. The average Bonchev–Trinajstić information content (AvgIpc) is 2.92. The van der Waals surface area contributed by atoms with Crippen molar-refractivity contribution in [3.8, 4) is 6.01 Å². The van der Waals surface area contributed by atoms with E-state index in [1.807, 2.05) is 0 Å². The zero-order valence-corrected chi connectivity index (χ0v) is 13.5. The number of aromatic nitrogens is 4. The fourth-order valence-corrected chi connectivity index (χ4v) is 2.83. The van der Waals surface area contributed by atoms with Crippen LogP contribution >= 0.6 is 0 Å². The lowest BCUT2D eigenvalue weighted by molar-refractivity contribution is -0.250. The molecule has 1 fully saturated rings. The number of aliphatic hydroxyl groups is 4. The molecule has 5 atom stereocenters. The maximum absolute atomic E-state index is 12.4. The number of ether oxygens (including phenoxy) is 2. The molecule has 1 aliphatic rings. The van der Waals surface area contributed by atoms with E-state index in [0.29, 0.717) is 0 Å². The van der Waals surface area contributed by atoms with Crippen molar-refractivity contribution in [2.75, 3.05) is 19.5 Å². The average molecular weight is 357 g/mol. The number of methoxy groups -OCH3 is 1. The van der Waals surface area contributed by atoms with Gasteiger partial charge in [-0.2, -0.15) is 4.98 Å². The Hall–Kier alpha value is -2.25. The monoisotopic (exact) mass is 357 g/mol. The van der Waals surface area contributed by atoms with Crippen LogP contribution < -0.4 is 16.0 Å². The molecule has 0 unspecified atom stereocenters. The van der Waals surface area contributed by atoms with Crippen molar-refractivity contribution in [1.82, 2.24) is 19.1 Å². The maximum Gasteiger partial charge on any atom is 0.300 e. The molecular weight excluding hydrogens is 338 g/mol. The van der Waals surface area contributed by atoms with Crippen molar-refractivity contribution in [2.24, 2.45) is 7.05 Å². The van der Waals surface area contributed by atoms with E-state index in [2.05, 4.69) is 9.97 Å². The fourth-order valence-electron chi connectivity index (χ4n) is 2.83. The van der Waals surface area contributed by atoms with Crippen molar-refractivity contribution < 1.29 is 29.9 Å².